The average molecular weight is 357 g/mol. The minimum absolute atomic E-state index is 0.795. The van der Waals surface area contributed by atoms with Gasteiger partial charge in [-0.1, -0.05) is 60.8 Å². The van der Waals surface area contributed by atoms with Crippen LogP contribution in [0.25, 0.3) is 16.7 Å². The van der Waals surface area contributed by atoms with Crippen molar-refractivity contribution in [2.75, 3.05) is 6.61 Å². The second-order valence-electron chi connectivity index (χ2n) is 5.78. The van der Waals surface area contributed by atoms with Crippen molar-refractivity contribution >= 4 is 21.5 Å². The topological polar surface area (TPSA) is 9.23 Å². The van der Waals surface area contributed by atoms with Crippen LogP contribution in [0, 0.1) is 0 Å². The summed E-state index contributed by atoms with van der Waals surface area (Å²) in [5.41, 5.74) is 6.01. The summed E-state index contributed by atoms with van der Waals surface area (Å²) >= 11 is 3.54. The summed E-state index contributed by atoms with van der Waals surface area (Å²) in [6, 6.07) is 12.7. The predicted octanol–water partition coefficient (Wildman–Crippen LogP) is 6.45. The third-order valence-electron chi connectivity index (χ3n) is 4.18. The highest BCUT2D eigenvalue weighted by molar-refractivity contribution is 9.10. The first-order chi connectivity index (χ1) is 10.7. The van der Waals surface area contributed by atoms with Crippen LogP contribution in [-0.2, 0) is 0 Å². The quantitative estimate of drug-likeness (QED) is 0.461. The number of hydrogen-bond acceptors (Lipinski definition) is 1. The molecule has 1 aliphatic carbocycles. The lowest BCUT2D eigenvalue weighted by molar-refractivity contribution is 0.305. The molecule has 0 N–H and O–H groups in total. The van der Waals surface area contributed by atoms with Crippen LogP contribution in [-0.4, -0.2) is 6.61 Å². The molecule has 0 amide bonds. The Labute approximate surface area is 141 Å². The van der Waals surface area contributed by atoms with Crippen LogP contribution in [0.3, 0.4) is 0 Å². The Morgan fingerprint density at radius 2 is 1.64 bits per heavy atom. The average Bonchev–Trinajstić information content (AvgIpc) is 2.80. The standard InChI is InChI=1S/C20H21BrO/c1-3-4-5-6-11-22-16-8-10-18-17-9-7-15(21)12-19(17)14(2)20(18)13-16/h7-10,12-13H,2-6,11H2,1H3. The van der Waals surface area contributed by atoms with Crippen LogP contribution in [0.15, 0.2) is 47.4 Å². The normalized spacial score (nSPS) is 12.2. The Hall–Kier alpha value is -1.54. The molecule has 1 aliphatic rings. The van der Waals surface area contributed by atoms with Crippen LogP contribution >= 0.6 is 15.9 Å². The van der Waals surface area contributed by atoms with Gasteiger partial charge in [0.25, 0.3) is 0 Å². The Morgan fingerprint density at radius 1 is 0.909 bits per heavy atom. The fourth-order valence-corrected chi connectivity index (χ4v) is 3.32. The van der Waals surface area contributed by atoms with Gasteiger partial charge in [0.2, 0.25) is 0 Å². The summed E-state index contributed by atoms with van der Waals surface area (Å²) in [6.45, 7) is 7.28. The molecule has 22 heavy (non-hydrogen) atoms. The summed E-state index contributed by atoms with van der Waals surface area (Å²) < 4.78 is 6.99. The molecule has 3 rings (SSSR count). The molecule has 1 nitrogen and oxygen atoms in total. The van der Waals surface area contributed by atoms with Crippen molar-refractivity contribution in [1.29, 1.82) is 0 Å². The molecule has 0 radical (unpaired) electrons. The van der Waals surface area contributed by atoms with Gasteiger partial charge in [0.05, 0.1) is 6.61 Å². The summed E-state index contributed by atoms with van der Waals surface area (Å²) in [5.74, 6) is 0.947. The smallest absolute Gasteiger partial charge is 0.119 e. The molecule has 0 spiro atoms. The van der Waals surface area contributed by atoms with Crippen molar-refractivity contribution in [3.05, 3.63) is 58.6 Å². The molecule has 0 heterocycles. The molecule has 2 aromatic carbocycles. The number of halogens is 1. The van der Waals surface area contributed by atoms with Gasteiger partial charge in [0, 0.05) is 4.47 Å². The molecule has 0 unspecified atom stereocenters. The van der Waals surface area contributed by atoms with Crippen molar-refractivity contribution in [1.82, 2.24) is 0 Å². The molecule has 0 fully saturated rings. The van der Waals surface area contributed by atoms with Gasteiger partial charge in [0.15, 0.2) is 0 Å². The zero-order valence-corrected chi connectivity index (χ0v) is 14.6. The molecule has 0 bridgehead atoms. The highest BCUT2D eigenvalue weighted by Gasteiger charge is 2.22. The van der Waals surface area contributed by atoms with Crippen LogP contribution < -0.4 is 4.74 Å². The largest absolute Gasteiger partial charge is 0.494 e. The maximum atomic E-state index is 5.90. The monoisotopic (exact) mass is 356 g/mol. The first-order valence-corrected chi connectivity index (χ1v) is 8.76. The lowest BCUT2D eigenvalue weighted by Gasteiger charge is -2.08. The number of ether oxygens (including phenoxy) is 1. The van der Waals surface area contributed by atoms with Crippen LogP contribution in [0.4, 0.5) is 0 Å². The second kappa shape index (κ2) is 6.70. The fourth-order valence-electron chi connectivity index (χ4n) is 2.96. The van der Waals surface area contributed by atoms with Gasteiger partial charge < -0.3 is 4.74 Å². The van der Waals surface area contributed by atoms with E-state index in [0.29, 0.717) is 0 Å². The first kappa shape index (κ1) is 15.4. The van der Waals surface area contributed by atoms with E-state index in [1.165, 1.54) is 41.5 Å². The number of unbranched alkanes of at least 4 members (excludes halogenated alkanes) is 3. The van der Waals surface area contributed by atoms with E-state index >= 15 is 0 Å². The van der Waals surface area contributed by atoms with Gasteiger partial charge in [-0.3, -0.25) is 0 Å². The SMILES string of the molecule is C=C1c2cc(Br)ccc2-c2ccc(OCCCCCC)cc21. The second-order valence-corrected chi connectivity index (χ2v) is 6.70. The van der Waals surface area contributed by atoms with E-state index in [4.69, 9.17) is 4.74 Å². The molecule has 0 aliphatic heterocycles. The zero-order chi connectivity index (χ0) is 15.5. The van der Waals surface area contributed by atoms with Gasteiger partial charge in [-0.15, -0.1) is 0 Å². The van der Waals surface area contributed by atoms with E-state index in [-0.39, 0.29) is 0 Å². The van der Waals surface area contributed by atoms with E-state index < -0.39 is 0 Å². The molecule has 0 aromatic heterocycles. The molecular weight excluding hydrogens is 336 g/mol. The molecule has 0 saturated heterocycles. The highest BCUT2D eigenvalue weighted by Crippen LogP contribution is 2.45. The molecule has 2 heteroatoms. The Morgan fingerprint density at radius 3 is 2.41 bits per heavy atom. The Bertz CT molecular complexity index is 703. The van der Waals surface area contributed by atoms with E-state index in [1.807, 2.05) is 0 Å². The molecule has 0 atom stereocenters. The molecular formula is C20H21BrO. The lowest BCUT2D eigenvalue weighted by Crippen LogP contribution is -1.97. The zero-order valence-electron chi connectivity index (χ0n) is 13.0. The maximum Gasteiger partial charge on any atom is 0.119 e. The fraction of sp³-hybridized carbons (Fsp3) is 0.300. The van der Waals surface area contributed by atoms with Crippen molar-refractivity contribution in [2.24, 2.45) is 0 Å². The Kier molecular flexibility index (Phi) is 4.68. The number of fused-ring (bicyclic) bond motifs is 3. The van der Waals surface area contributed by atoms with E-state index in [0.717, 1.165) is 28.8 Å². The summed E-state index contributed by atoms with van der Waals surface area (Å²) in [6.07, 6.45) is 4.91. The molecule has 2 aromatic rings. The highest BCUT2D eigenvalue weighted by atomic mass is 79.9. The Balaban J connectivity index is 1.76. The third kappa shape index (κ3) is 2.98. The van der Waals surface area contributed by atoms with E-state index in [2.05, 4.69) is 65.8 Å². The summed E-state index contributed by atoms with van der Waals surface area (Å²) in [7, 11) is 0. The van der Waals surface area contributed by atoms with Gasteiger partial charge in [-0.05, 0) is 58.5 Å². The first-order valence-electron chi connectivity index (χ1n) is 7.97. The maximum absolute atomic E-state index is 5.90. The van der Waals surface area contributed by atoms with Crippen LogP contribution in [0.1, 0.15) is 43.7 Å². The van der Waals surface area contributed by atoms with Gasteiger partial charge in [-0.25, -0.2) is 0 Å². The number of hydrogen-bond donors (Lipinski definition) is 0. The van der Waals surface area contributed by atoms with Crippen molar-refractivity contribution in [2.45, 2.75) is 32.6 Å². The number of benzene rings is 2. The number of rotatable bonds is 6. The van der Waals surface area contributed by atoms with Crippen LogP contribution in [0.5, 0.6) is 5.75 Å². The van der Waals surface area contributed by atoms with E-state index in [1.54, 1.807) is 0 Å². The van der Waals surface area contributed by atoms with Crippen molar-refractivity contribution < 1.29 is 4.74 Å². The predicted molar refractivity (Wildman–Crippen MR) is 97.4 cm³/mol. The summed E-state index contributed by atoms with van der Waals surface area (Å²) in [4.78, 5) is 0. The van der Waals surface area contributed by atoms with Crippen molar-refractivity contribution in [3.8, 4) is 16.9 Å². The lowest BCUT2D eigenvalue weighted by atomic mass is 10.1. The molecule has 114 valence electrons. The third-order valence-corrected chi connectivity index (χ3v) is 4.67. The van der Waals surface area contributed by atoms with Crippen LogP contribution in [0.2, 0.25) is 0 Å². The van der Waals surface area contributed by atoms with Gasteiger partial charge >= 0.3 is 0 Å². The van der Waals surface area contributed by atoms with Gasteiger partial charge in [-0.2, -0.15) is 0 Å². The minimum Gasteiger partial charge on any atom is -0.494 e. The van der Waals surface area contributed by atoms with Crippen molar-refractivity contribution in [3.63, 3.8) is 0 Å². The minimum atomic E-state index is 0.795. The summed E-state index contributed by atoms with van der Waals surface area (Å²) in [5, 5.41) is 0. The molecule has 0 saturated carbocycles. The van der Waals surface area contributed by atoms with Gasteiger partial charge in [0.1, 0.15) is 5.75 Å². The van der Waals surface area contributed by atoms with E-state index in [9.17, 15) is 0 Å².